The first-order chi connectivity index (χ1) is 18.1. The summed E-state index contributed by atoms with van der Waals surface area (Å²) in [5.41, 5.74) is 1.95. The minimum atomic E-state index is -0.556. The molecule has 2 aromatic rings. The molecule has 0 atom stereocenters. The first kappa shape index (κ1) is 29.6. The standard InChI is InChI=1S/C28H34N4O6/c1-19(2)25(33)31-21-9-13-23(14-10-21)37-27(35)29-17-7-5-6-8-18-30-28(36)38-24-15-11-22(12-16-24)32-26(34)20(3)4/h9-16H,1,3,5-8,17-18H2,2,4H3,(H,29,35)(H,30,36)(H,31,33)(H,32,34). The fourth-order valence-corrected chi connectivity index (χ4v) is 2.96. The second kappa shape index (κ2) is 15.5. The molecule has 0 fully saturated rings. The molecule has 10 heteroatoms. The second-order valence-corrected chi connectivity index (χ2v) is 8.56. The van der Waals surface area contributed by atoms with Crippen LogP contribution in [0.25, 0.3) is 0 Å². The average Bonchev–Trinajstić information content (AvgIpc) is 2.87. The van der Waals surface area contributed by atoms with Gasteiger partial charge in [0, 0.05) is 35.6 Å². The first-order valence-electron chi connectivity index (χ1n) is 12.2. The van der Waals surface area contributed by atoms with Crippen molar-refractivity contribution < 1.29 is 28.7 Å². The first-order valence-corrected chi connectivity index (χ1v) is 12.2. The van der Waals surface area contributed by atoms with E-state index in [-0.39, 0.29) is 11.8 Å². The molecule has 202 valence electrons. The molecule has 38 heavy (non-hydrogen) atoms. The fraction of sp³-hybridized carbons (Fsp3) is 0.286. The van der Waals surface area contributed by atoms with Gasteiger partial charge in [-0.3, -0.25) is 9.59 Å². The topological polar surface area (TPSA) is 135 Å². The number of carbonyl (C=O) groups is 4. The van der Waals surface area contributed by atoms with Crippen molar-refractivity contribution in [3.8, 4) is 11.5 Å². The molecule has 2 aromatic carbocycles. The van der Waals surface area contributed by atoms with E-state index < -0.39 is 12.2 Å². The van der Waals surface area contributed by atoms with Crippen molar-refractivity contribution in [1.82, 2.24) is 10.6 Å². The molecule has 2 rings (SSSR count). The van der Waals surface area contributed by atoms with Crippen LogP contribution in [-0.4, -0.2) is 37.1 Å². The molecule has 4 N–H and O–H groups in total. The number of rotatable bonds is 13. The zero-order valence-electron chi connectivity index (χ0n) is 21.7. The van der Waals surface area contributed by atoms with Gasteiger partial charge in [-0.2, -0.15) is 0 Å². The number of hydrogen-bond acceptors (Lipinski definition) is 6. The minimum absolute atomic E-state index is 0.276. The highest BCUT2D eigenvalue weighted by atomic mass is 16.6. The maximum Gasteiger partial charge on any atom is 0.412 e. The molecule has 0 aliphatic rings. The Balaban J connectivity index is 1.52. The summed E-state index contributed by atoms with van der Waals surface area (Å²) >= 11 is 0. The monoisotopic (exact) mass is 522 g/mol. The predicted octanol–water partition coefficient (Wildman–Crippen LogP) is 5.15. The van der Waals surface area contributed by atoms with E-state index in [1.54, 1.807) is 62.4 Å². The lowest BCUT2D eigenvalue weighted by Gasteiger charge is -2.09. The van der Waals surface area contributed by atoms with Crippen molar-refractivity contribution in [2.45, 2.75) is 39.5 Å². The number of unbranched alkanes of at least 4 members (excludes halogenated alkanes) is 3. The second-order valence-electron chi connectivity index (χ2n) is 8.56. The molecule has 0 aliphatic carbocycles. The summed E-state index contributed by atoms with van der Waals surface area (Å²) in [6, 6.07) is 12.9. The van der Waals surface area contributed by atoms with Crippen LogP contribution in [0.3, 0.4) is 0 Å². The Morgan fingerprint density at radius 1 is 0.605 bits per heavy atom. The molecule has 0 spiro atoms. The van der Waals surface area contributed by atoms with Crippen molar-refractivity contribution >= 4 is 35.4 Å². The Hall–Kier alpha value is -4.60. The Labute approximate surface area is 222 Å². The van der Waals surface area contributed by atoms with E-state index in [0.717, 1.165) is 25.7 Å². The number of amides is 4. The Kier molecular flexibility index (Phi) is 12.1. The van der Waals surface area contributed by atoms with E-state index in [2.05, 4.69) is 34.4 Å². The molecule has 0 aromatic heterocycles. The third-order valence-corrected chi connectivity index (χ3v) is 5.06. The molecule has 4 amide bonds. The highest BCUT2D eigenvalue weighted by molar-refractivity contribution is 6.03. The molecule has 0 aliphatic heterocycles. The summed E-state index contributed by atoms with van der Waals surface area (Å²) < 4.78 is 10.4. The SMILES string of the molecule is C=C(C)C(=O)Nc1ccc(OC(=O)NCCCCCCNC(=O)Oc2ccc(NC(=O)C(=C)C)cc2)cc1. The van der Waals surface area contributed by atoms with Crippen molar-refractivity contribution in [2.75, 3.05) is 23.7 Å². The van der Waals surface area contributed by atoms with Gasteiger partial charge in [-0.05, 0) is 75.2 Å². The van der Waals surface area contributed by atoms with Crippen LogP contribution in [0, 0.1) is 0 Å². The van der Waals surface area contributed by atoms with E-state index in [9.17, 15) is 19.2 Å². The van der Waals surface area contributed by atoms with E-state index in [0.29, 0.717) is 47.1 Å². The number of nitrogens with one attached hydrogen (secondary N) is 4. The van der Waals surface area contributed by atoms with Gasteiger partial charge in [0.1, 0.15) is 11.5 Å². The number of carbonyl (C=O) groups excluding carboxylic acids is 4. The highest BCUT2D eigenvalue weighted by Crippen LogP contribution is 2.17. The van der Waals surface area contributed by atoms with Crippen LogP contribution in [0.2, 0.25) is 0 Å². The molecule has 0 heterocycles. The van der Waals surface area contributed by atoms with Gasteiger partial charge >= 0.3 is 12.2 Å². The number of ether oxygens (including phenoxy) is 2. The Morgan fingerprint density at radius 3 is 1.26 bits per heavy atom. The molecule has 0 saturated carbocycles. The van der Waals surface area contributed by atoms with Crippen molar-refractivity contribution in [2.24, 2.45) is 0 Å². The van der Waals surface area contributed by atoms with E-state index in [1.807, 2.05) is 0 Å². The van der Waals surface area contributed by atoms with Gasteiger partial charge in [-0.25, -0.2) is 9.59 Å². The van der Waals surface area contributed by atoms with Crippen molar-refractivity contribution in [1.29, 1.82) is 0 Å². The number of anilines is 2. The summed E-state index contributed by atoms with van der Waals surface area (Å²) in [6.45, 7) is 11.3. The van der Waals surface area contributed by atoms with Gasteiger partial charge in [-0.1, -0.05) is 26.0 Å². The van der Waals surface area contributed by atoms with Crippen LogP contribution in [-0.2, 0) is 9.59 Å². The smallest absolute Gasteiger partial charge is 0.410 e. The normalized spacial score (nSPS) is 10.1. The lowest BCUT2D eigenvalue weighted by atomic mass is 10.2. The lowest BCUT2D eigenvalue weighted by molar-refractivity contribution is -0.113. The third kappa shape index (κ3) is 11.4. The van der Waals surface area contributed by atoms with Crippen LogP contribution in [0.1, 0.15) is 39.5 Å². The fourth-order valence-electron chi connectivity index (χ4n) is 2.96. The highest BCUT2D eigenvalue weighted by Gasteiger charge is 2.07. The van der Waals surface area contributed by atoms with E-state index >= 15 is 0 Å². The quantitative estimate of drug-likeness (QED) is 0.212. The molecular formula is C28H34N4O6. The lowest BCUT2D eigenvalue weighted by Crippen LogP contribution is -2.28. The zero-order chi connectivity index (χ0) is 27.9. The molecule has 0 bridgehead atoms. The van der Waals surface area contributed by atoms with E-state index in [1.165, 1.54) is 0 Å². The van der Waals surface area contributed by atoms with Gasteiger partial charge in [0.05, 0.1) is 0 Å². The largest absolute Gasteiger partial charge is 0.412 e. The van der Waals surface area contributed by atoms with Gasteiger partial charge < -0.3 is 30.7 Å². The third-order valence-electron chi connectivity index (χ3n) is 5.06. The summed E-state index contributed by atoms with van der Waals surface area (Å²) in [5.74, 6) is 0.168. The van der Waals surface area contributed by atoms with Crippen molar-refractivity contribution in [3.05, 3.63) is 72.8 Å². The summed E-state index contributed by atoms with van der Waals surface area (Å²) in [6.07, 6.45) is 2.15. The van der Waals surface area contributed by atoms with E-state index in [4.69, 9.17) is 9.47 Å². The van der Waals surface area contributed by atoms with Gasteiger partial charge in [-0.15, -0.1) is 0 Å². The number of hydrogen-bond donors (Lipinski definition) is 4. The molecule has 0 unspecified atom stereocenters. The Morgan fingerprint density at radius 2 is 0.947 bits per heavy atom. The average molecular weight is 523 g/mol. The molecular weight excluding hydrogens is 488 g/mol. The summed E-state index contributed by atoms with van der Waals surface area (Å²) in [7, 11) is 0. The van der Waals surface area contributed by atoms with Crippen LogP contribution >= 0.6 is 0 Å². The maximum atomic E-state index is 11.9. The summed E-state index contributed by atoms with van der Waals surface area (Å²) in [4.78, 5) is 47.1. The van der Waals surface area contributed by atoms with Crippen LogP contribution in [0.4, 0.5) is 21.0 Å². The van der Waals surface area contributed by atoms with Crippen molar-refractivity contribution in [3.63, 3.8) is 0 Å². The van der Waals surface area contributed by atoms with Crippen LogP contribution in [0.5, 0.6) is 11.5 Å². The van der Waals surface area contributed by atoms with Crippen LogP contribution < -0.4 is 30.7 Å². The predicted molar refractivity (Wildman–Crippen MR) is 146 cm³/mol. The molecule has 10 nitrogen and oxygen atoms in total. The Bertz CT molecular complexity index is 1050. The summed E-state index contributed by atoms with van der Waals surface area (Å²) in [5, 5.41) is 10.7. The van der Waals surface area contributed by atoms with Crippen LogP contribution in [0.15, 0.2) is 72.8 Å². The van der Waals surface area contributed by atoms with Gasteiger partial charge in [0.25, 0.3) is 11.8 Å². The maximum absolute atomic E-state index is 11.9. The molecule has 0 saturated heterocycles. The van der Waals surface area contributed by atoms with Gasteiger partial charge in [0.15, 0.2) is 0 Å². The zero-order valence-corrected chi connectivity index (χ0v) is 21.7. The number of benzene rings is 2. The minimum Gasteiger partial charge on any atom is -0.410 e. The van der Waals surface area contributed by atoms with Gasteiger partial charge in [0.2, 0.25) is 0 Å². The molecule has 0 radical (unpaired) electrons.